The second kappa shape index (κ2) is 9.78. The quantitative estimate of drug-likeness (QED) is 0.434. The highest BCUT2D eigenvalue weighted by atomic mass is 127. The molecule has 4 nitrogen and oxygen atoms in total. The number of thiazole rings is 1. The molecule has 0 aliphatic heterocycles. The molecule has 6 heteroatoms. The van der Waals surface area contributed by atoms with Gasteiger partial charge < -0.3 is 10.6 Å². The molecule has 22 heavy (non-hydrogen) atoms. The minimum absolute atomic E-state index is 0. The highest BCUT2D eigenvalue weighted by Crippen LogP contribution is 2.12. The Morgan fingerprint density at radius 1 is 1.18 bits per heavy atom. The molecule has 1 aromatic heterocycles. The third-order valence-electron chi connectivity index (χ3n) is 3.16. The number of hydrogen-bond acceptors (Lipinski definition) is 3. The number of nitrogens with one attached hydrogen (secondary N) is 2. The van der Waals surface area contributed by atoms with E-state index in [1.54, 1.807) is 18.4 Å². The molecule has 0 radical (unpaired) electrons. The van der Waals surface area contributed by atoms with E-state index in [1.807, 2.05) is 6.20 Å². The van der Waals surface area contributed by atoms with Crippen molar-refractivity contribution in [3.8, 4) is 0 Å². The molecule has 2 aromatic rings. The molecule has 0 unspecified atom stereocenters. The number of aryl methyl sites for hydroxylation is 2. The van der Waals surface area contributed by atoms with Gasteiger partial charge in [-0.2, -0.15) is 0 Å². The molecule has 0 bridgehead atoms. The Morgan fingerprint density at radius 2 is 1.86 bits per heavy atom. The van der Waals surface area contributed by atoms with Gasteiger partial charge in [-0.3, -0.25) is 4.99 Å². The summed E-state index contributed by atoms with van der Waals surface area (Å²) >= 11 is 1.75. The Labute approximate surface area is 153 Å². The van der Waals surface area contributed by atoms with E-state index in [4.69, 9.17) is 0 Å². The molecule has 2 rings (SSSR count). The minimum atomic E-state index is 0. The number of guanidine groups is 1. The summed E-state index contributed by atoms with van der Waals surface area (Å²) in [7, 11) is 1.78. The number of rotatable bonds is 5. The molecular weight excluding hydrogens is 407 g/mol. The van der Waals surface area contributed by atoms with Crippen molar-refractivity contribution in [2.24, 2.45) is 4.99 Å². The Balaban J connectivity index is 0.00000242. The zero-order valence-corrected chi connectivity index (χ0v) is 16.4. The lowest BCUT2D eigenvalue weighted by Gasteiger charge is -2.11. The van der Waals surface area contributed by atoms with Crippen molar-refractivity contribution in [3.05, 3.63) is 51.5 Å². The van der Waals surface area contributed by atoms with Gasteiger partial charge in [-0.1, -0.05) is 36.8 Å². The molecule has 0 fully saturated rings. The summed E-state index contributed by atoms with van der Waals surface area (Å²) in [5, 5.41) is 7.69. The van der Waals surface area contributed by atoms with Crippen LogP contribution in [-0.2, 0) is 19.5 Å². The van der Waals surface area contributed by atoms with Gasteiger partial charge in [-0.15, -0.1) is 35.3 Å². The van der Waals surface area contributed by atoms with Crippen LogP contribution in [0.1, 0.15) is 27.9 Å². The molecule has 0 saturated heterocycles. The number of aliphatic imine (C=N–C) groups is 1. The first-order chi connectivity index (χ1) is 10.2. The summed E-state index contributed by atoms with van der Waals surface area (Å²) in [6, 6.07) is 8.50. The van der Waals surface area contributed by atoms with Crippen LogP contribution in [0.25, 0.3) is 0 Å². The number of hydrogen-bond donors (Lipinski definition) is 2. The smallest absolute Gasteiger partial charge is 0.191 e. The number of benzene rings is 1. The summed E-state index contributed by atoms with van der Waals surface area (Å²) in [5.74, 6) is 0.795. The Bertz CT molecular complexity index is 592. The Hall–Kier alpha value is -1.15. The van der Waals surface area contributed by atoms with E-state index in [2.05, 4.69) is 58.7 Å². The second-order valence-electron chi connectivity index (χ2n) is 4.84. The van der Waals surface area contributed by atoms with Gasteiger partial charge in [-0.05, 0) is 18.9 Å². The molecule has 2 N–H and O–H groups in total. The fourth-order valence-electron chi connectivity index (χ4n) is 1.86. The highest BCUT2D eigenvalue weighted by Gasteiger charge is 2.02. The number of nitrogens with zero attached hydrogens (tertiary/aromatic N) is 2. The van der Waals surface area contributed by atoms with Crippen molar-refractivity contribution < 1.29 is 0 Å². The fraction of sp³-hybridized carbons (Fsp3) is 0.375. The SMILES string of the molecule is CCc1cnc(CNC(=NC)NCc2ccc(C)cc2)s1.I. The van der Waals surface area contributed by atoms with Crippen LogP contribution >= 0.6 is 35.3 Å². The molecule has 1 heterocycles. The van der Waals surface area contributed by atoms with E-state index >= 15 is 0 Å². The van der Waals surface area contributed by atoms with Gasteiger partial charge in [0.1, 0.15) is 5.01 Å². The standard InChI is InChI=1S/C16H22N4S.HI/c1-4-14-10-18-15(21-14)11-20-16(17-3)19-9-13-7-5-12(2)6-8-13;/h5-8,10H,4,9,11H2,1-3H3,(H2,17,19,20);1H. The summed E-state index contributed by atoms with van der Waals surface area (Å²) in [6.45, 7) is 5.71. The zero-order valence-electron chi connectivity index (χ0n) is 13.2. The van der Waals surface area contributed by atoms with Gasteiger partial charge in [0.05, 0.1) is 6.54 Å². The van der Waals surface area contributed by atoms with Crippen molar-refractivity contribution in [2.75, 3.05) is 7.05 Å². The number of halogens is 1. The summed E-state index contributed by atoms with van der Waals surface area (Å²) in [5.41, 5.74) is 2.52. The monoisotopic (exact) mass is 430 g/mol. The maximum atomic E-state index is 4.39. The maximum absolute atomic E-state index is 4.39. The molecule has 0 atom stereocenters. The maximum Gasteiger partial charge on any atom is 0.191 e. The first-order valence-corrected chi connectivity index (χ1v) is 7.96. The van der Waals surface area contributed by atoms with Crippen molar-refractivity contribution in [1.29, 1.82) is 0 Å². The Morgan fingerprint density at radius 3 is 2.45 bits per heavy atom. The molecule has 0 spiro atoms. The lowest BCUT2D eigenvalue weighted by atomic mass is 10.1. The van der Waals surface area contributed by atoms with Crippen molar-refractivity contribution in [2.45, 2.75) is 33.4 Å². The lowest BCUT2D eigenvalue weighted by Crippen LogP contribution is -2.36. The van der Waals surface area contributed by atoms with Crippen LogP contribution in [0.2, 0.25) is 0 Å². The van der Waals surface area contributed by atoms with Gasteiger partial charge in [0.25, 0.3) is 0 Å². The predicted octanol–water partition coefficient (Wildman–Crippen LogP) is 3.50. The third-order valence-corrected chi connectivity index (χ3v) is 4.30. The molecular formula is C16H23IN4S. The molecule has 0 aliphatic carbocycles. The normalized spacial score (nSPS) is 11.0. The van der Waals surface area contributed by atoms with Gasteiger partial charge in [0, 0.05) is 24.7 Å². The molecule has 0 amide bonds. The van der Waals surface area contributed by atoms with Gasteiger partial charge >= 0.3 is 0 Å². The van der Waals surface area contributed by atoms with Gasteiger partial charge in [-0.25, -0.2) is 4.98 Å². The summed E-state index contributed by atoms with van der Waals surface area (Å²) < 4.78 is 0. The summed E-state index contributed by atoms with van der Waals surface area (Å²) in [6.07, 6.45) is 2.99. The van der Waals surface area contributed by atoms with E-state index in [1.165, 1.54) is 16.0 Å². The average molecular weight is 430 g/mol. The second-order valence-corrected chi connectivity index (χ2v) is 6.04. The van der Waals surface area contributed by atoms with Gasteiger partial charge in [0.2, 0.25) is 0 Å². The molecule has 0 saturated carbocycles. The van der Waals surface area contributed by atoms with E-state index in [0.29, 0.717) is 6.54 Å². The van der Waals surface area contributed by atoms with Crippen LogP contribution in [-0.4, -0.2) is 18.0 Å². The lowest BCUT2D eigenvalue weighted by molar-refractivity contribution is 0.805. The van der Waals surface area contributed by atoms with Crippen LogP contribution in [0, 0.1) is 6.92 Å². The molecule has 1 aromatic carbocycles. The van der Waals surface area contributed by atoms with E-state index in [0.717, 1.165) is 23.9 Å². The predicted molar refractivity (Wildman–Crippen MR) is 105 cm³/mol. The van der Waals surface area contributed by atoms with Crippen molar-refractivity contribution >= 4 is 41.3 Å². The molecule has 120 valence electrons. The fourth-order valence-corrected chi connectivity index (χ4v) is 2.67. The van der Waals surface area contributed by atoms with Crippen LogP contribution < -0.4 is 10.6 Å². The molecule has 0 aliphatic rings. The van der Waals surface area contributed by atoms with Crippen molar-refractivity contribution in [1.82, 2.24) is 15.6 Å². The van der Waals surface area contributed by atoms with E-state index in [9.17, 15) is 0 Å². The minimum Gasteiger partial charge on any atom is -0.352 e. The topological polar surface area (TPSA) is 49.3 Å². The number of aromatic nitrogens is 1. The highest BCUT2D eigenvalue weighted by molar-refractivity contribution is 14.0. The van der Waals surface area contributed by atoms with Gasteiger partial charge in [0.15, 0.2) is 5.96 Å². The van der Waals surface area contributed by atoms with Crippen LogP contribution in [0.3, 0.4) is 0 Å². The van der Waals surface area contributed by atoms with Crippen LogP contribution in [0.15, 0.2) is 35.5 Å². The van der Waals surface area contributed by atoms with E-state index < -0.39 is 0 Å². The third kappa shape index (κ3) is 5.92. The zero-order chi connectivity index (χ0) is 15.1. The largest absolute Gasteiger partial charge is 0.352 e. The van der Waals surface area contributed by atoms with Crippen molar-refractivity contribution in [3.63, 3.8) is 0 Å². The Kier molecular flexibility index (Phi) is 8.40. The van der Waals surface area contributed by atoms with Crippen LogP contribution in [0.5, 0.6) is 0 Å². The average Bonchev–Trinajstić information content (AvgIpc) is 2.97. The van der Waals surface area contributed by atoms with Crippen LogP contribution in [0.4, 0.5) is 0 Å². The van der Waals surface area contributed by atoms with E-state index in [-0.39, 0.29) is 24.0 Å². The summed E-state index contributed by atoms with van der Waals surface area (Å²) in [4.78, 5) is 9.94. The first-order valence-electron chi connectivity index (χ1n) is 7.15. The first kappa shape index (κ1) is 18.9.